The highest BCUT2D eigenvalue weighted by Crippen LogP contribution is 2.08. The normalized spacial score (nSPS) is 10.8. The predicted molar refractivity (Wildman–Crippen MR) is 53.2 cm³/mol. The quantitative estimate of drug-likeness (QED) is 0.721. The van der Waals surface area contributed by atoms with Crippen LogP contribution in [0, 0.1) is 0 Å². The molecule has 0 aliphatic rings. The van der Waals surface area contributed by atoms with Gasteiger partial charge in [0.05, 0.1) is 0 Å². The van der Waals surface area contributed by atoms with Crippen molar-refractivity contribution in [3.05, 3.63) is 36.5 Å². The van der Waals surface area contributed by atoms with Gasteiger partial charge in [0.15, 0.2) is 11.6 Å². The van der Waals surface area contributed by atoms with Crippen LogP contribution in [0.2, 0.25) is 0 Å². The molecule has 0 unspecified atom stereocenters. The summed E-state index contributed by atoms with van der Waals surface area (Å²) in [5, 5.41) is 4.32. The van der Waals surface area contributed by atoms with Crippen molar-refractivity contribution in [3.63, 3.8) is 0 Å². The lowest BCUT2D eigenvalue weighted by Gasteiger charge is -1.98. The molecule has 4 nitrogen and oxygen atoms in total. The molecule has 0 saturated carbocycles. The number of pyridine rings is 1. The molecule has 0 spiro atoms. The Labute approximate surface area is 82.6 Å². The summed E-state index contributed by atoms with van der Waals surface area (Å²) in [5.41, 5.74) is 0. The van der Waals surface area contributed by atoms with Crippen LogP contribution in [0.4, 0.5) is 0 Å². The Balaban J connectivity index is 2.34. The minimum absolute atomic E-state index is 0.347. The van der Waals surface area contributed by atoms with E-state index in [-0.39, 0.29) is 0 Å². The van der Waals surface area contributed by atoms with Crippen LogP contribution in [0.1, 0.15) is 25.6 Å². The Bertz CT molecular complexity index is 405. The van der Waals surface area contributed by atoms with Gasteiger partial charge in [-0.2, -0.15) is 0 Å². The lowest BCUT2D eigenvalue weighted by atomic mass is 10.2. The topological polar surface area (TPSA) is 43.6 Å². The molecule has 0 bridgehead atoms. The van der Waals surface area contributed by atoms with Gasteiger partial charge in [-0.05, 0) is 12.1 Å². The lowest BCUT2D eigenvalue weighted by molar-refractivity contribution is 0.746. The summed E-state index contributed by atoms with van der Waals surface area (Å²) in [6.45, 7) is 4.14. The van der Waals surface area contributed by atoms with E-state index in [0.29, 0.717) is 5.92 Å². The van der Waals surface area contributed by atoms with Gasteiger partial charge in [0, 0.05) is 12.1 Å². The smallest absolute Gasteiger partial charge is 0.155 e. The fourth-order valence-corrected chi connectivity index (χ4v) is 1.14. The molecule has 0 N–H and O–H groups in total. The van der Waals surface area contributed by atoms with Crippen LogP contribution >= 0.6 is 0 Å². The molecule has 2 aromatic rings. The summed E-state index contributed by atoms with van der Waals surface area (Å²) in [5.74, 6) is 1.99. The molecule has 72 valence electrons. The highest BCUT2D eigenvalue weighted by Gasteiger charge is 2.06. The summed E-state index contributed by atoms with van der Waals surface area (Å²) < 4.78 is 1.69. The van der Waals surface area contributed by atoms with E-state index in [2.05, 4.69) is 28.9 Å². The average molecular weight is 188 g/mol. The Hall–Kier alpha value is -1.71. The number of hydrogen-bond donors (Lipinski definition) is 0. The Morgan fingerprint density at radius 2 is 2.07 bits per heavy atom. The van der Waals surface area contributed by atoms with Gasteiger partial charge < -0.3 is 0 Å². The van der Waals surface area contributed by atoms with Crippen molar-refractivity contribution >= 4 is 0 Å². The first-order valence-corrected chi connectivity index (χ1v) is 4.60. The number of hydrogen-bond acceptors (Lipinski definition) is 3. The van der Waals surface area contributed by atoms with E-state index in [0.717, 1.165) is 11.6 Å². The monoisotopic (exact) mass is 188 g/mol. The number of aromatic nitrogens is 4. The minimum atomic E-state index is 0.347. The van der Waals surface area contributed by atoms with Gasteiger partial charge in [0.2, 0.25) is 0 Å². The van der Waals surface area contributed by atoms with Crippen LogP contribution < -0.4 is 0 Å². The Morgan fingerprint density at radius 3 is 2.64 bits per heavy atom. The molecule has 0 aromatic carbocycles. The summed E-state index contributed by atoms with van der Waals surface area (Å²) >= 11 is 0. The fraction of sp³-hybridized carbons (Fsp3) is 0.300. The molecular weight excluding hydrogens is 176 g/mol. The van der Waals surface area contributed by atoms with Crippen molar-refractivity contribution < 1.29 is 0 Å². The molecule has 0 radical (unpaired) electrons. The third-order valence-corrected chi connectivity index (χ3v) is 1.91. The van der Waals surface area contributed by atoms with Gasteiger partial charge in [0.25, 0.3) is 0 Å². The van der Waals surface area contributed by atoms with E-state index in [1.807, 2.05) is 18.2 Å². The first-order chi connectivity index (χ1) is 6.77. The van der Waals surface area contributed by atoms with Crippen molar-refractivity contribution in [2.75, 3.05) is 0 Å². The second kappa shape index (κ2) is 3.57. The molecule has 2 heterocycles. The molecule has 0 amide bonds. The molecule has 4 heteroatoms. The summed E-state index contributed by atoms with van der Waals surface area (Å²) in [6.07, 6.45) is 3.43. The minimum Gasteiger partial charge on any atom is -0.237 e. The zero-order valence-electron chi connectivity index (χ0n) is 8.25. The second-order valence-electron chi connectivity index (χ2n) is 3.39. The molecular formula is C10H12N4. The van der Waals surface area contributed by atoms with Crippen molar-refractivity contribution in [3.8, 4) is 5.82 Å². The Morgan fingerprint density at radius 1 is 1.21 bits per heavy atom. The first kappa shape index (κ1) is 8.87. The van der Waals surface area contributed by atoms with E-state index in [1.54, 1.807) is 17.2 Å². The van der Waals surface area contributed by atoms with Gasteiger partial charge in [-0.1, -0.05) is 19.9 Å². The van der Waals surface area contributed by atoms with Crippen molar-refractivity contribution in [2.24, 2.45) is 0 Å². The predicted octanol–water partition coefficient (Wildman–Crippen LogP) is 1.79. The largest absolute Gasteiger partial charge is 0.237 e. The molecule has 2 rings (SSSR count). The van der Waals surface area contributed by atoms with Crippen molar-refractivity contribution in [2.45, 2.75) is 19.8 Å². The maximum atomic E-state index is 4.32. The zero-order chi connectivity index (χ0) is 9.97. The van der Waals surface area contributed by atoms with Gasteiger partial charge in [-0.3, -0.25) is 0 Å². The van der Waals surface area contributed by atoms with Crippen molar-refractivity contribution in [1.82, 2.24) is 19.7 Å². The maximum Gasteiger partial charge on any atom is 0.155 e. The lowest BCUT2D eigenvalue weighted by Crippen LogP contribution is -1.98. The van der Waals surface area contributed by atoms with Crippen LogP contribution in [-0.2, 0) is 0 Å². The molecule has 0 aliphatic carbocycles. The van der Waals surface area contributed by atoms with E-state index < -0.39 is 0 Å². The highest BCUT2D eigenvalue weighted by atomic mass is 15.4. The third kappa shape index (κ3) is 1.64. The second-order valence-corrected chi connectivity index (χ2v) is 3.39. The summed E-state index contributed by atoms with van der Waals surface area (Å²) in [6, 6.07) is 5.71. The van der Waals surface area contributed by atoms with Crippen molar-refractivity contribution in [1.29, 1.82) is 0 Å². The summed E-state index contributed by atoms with van der Waals surface area (Å²) in [4.78, 5) is 8.39. The molecule has 0 aliphatic heterocycles. The standard InChI is InChI=1S/C10H12N4/c1-8(2)10-12-7-14(13-10)9-5-3-4-6-11-9/h3-8H,1-2H3. The van der Waals surface area contributed by atoms with Gasteiger partial charge in [-0.25, -0.2) is 14.6 Å². The summed E-state index contributed by atoms with van der Waals surface area (Å²) in [7, 11) is 0. The fourth-order valence-electron chi connectivity index (χ4n) is 1.14. The maximum absolute atomic E-state index is 4.32. The third-order valence-electron chi connectivity index (χ3n) is 1.91. The molecule has 2 aromatic heterocycles. The number of nitrogens with zero attached hydrogens (tertiary/aromatic N) is 4. The Kier molecular flexibility index (Phi) is 2.26. The zero-order valence-corrected chi connectivity index (χ0v) is 8.25. The average Bonchev–Trinajstić information content (AvgIpc) is 2.68. The van der Waals surface area contributed by atoms with Crippen LogP contribution in [0.15, 0.2) is 30.7 Å². The van der Waals surface area contributed by atoms with E-state index in [9.17, 15) is 0 Å². The SMILES string of the molecule is CC(C)c1ncn(-c2ccccn2)n1. The van der Waals surface area contributed by atoms with Gasteiger partial charge in [0.1, 0.15) is 6.33 Å². The van der Waals surface area contributed by atoms with Crippen LogP contribution in [0.3, 0.4) is 0 Å². The first-order valence-electron chi connectivity index (χ1n) is 4.60. The van der Waals surface area contributed by atoms with Gasteiger partial charge >= 0.3 is 0 Å². The van der Waals surface area contributed by atoms with E-state index >= 15 is 0 Å². The van der Waals surface area contributed by atoms with Gasteiger partial charge in [-0.15, -0.1) is 5.10 Å². The molecule has 0 saturated heterocycles. The molecule has 0 fully saturated rings. The highest BCUT2D eigenvalue weighted by molar-refractivity contribution is 5.19. The van der Waals surface area contributed by atoms with E-state index in [1.165, 1.54) is 0 Å². The van der Waals surface area contributed by atoms with Crippen LogP contribution in [0.25, 0.3) is 5.82 Å². The van der Waals surface area contributed by atoms with E-state index in [4.69, 9.17) is 0 Å². The van der Waals surface area contributed by atoms with Crippen LogP contribution in [-0.4, -0.2) is 19.7 Å². The molecule has 14 heavy (non-hydrogen) atoms. The number of rotatable bonds is 2. The van der Waals surface area contributed by atoms with Crippen LogP contribution in [0.5, 0.6) is 0 Å². The molecule has 0 atom stereocenters.